The first-order valence-electron chi connectivity index (χ1n) is 6.78. The van der Waals surface area contributed by atoms with E-state index in [2.05, 4.69) is 21.6 Å². The van der Waals surface area contributed by atoms with Crippen molar-refractivity contribution in [2.75, 3.05) is 11.1 Å². The first-order chi connectivity index (χ1) is 10.6. The van der Waals surface area contributed by atoms with Gasteiger partial charge in [-0.2, -0.15) is 5.26 Å². The van der Waals surface area contributed by atoms with E-state index in [0.29, 0.717) is 22.4 Å². The fraction of sp³-hybridized carbons (Fsp3) is 0.333. The van der Waals surface area contributed by atoms with Crippen molar-refractivity contribution in [1.82, 2.24) is 10.2 Å². The highest BCUT2D eigenvalue weighted by Gasteiger charge is 2.10. The van der Waals surface area contributed by atoms with Crippen LogP contribution in [0.2, 0.25) is 0 Å². The predicted octanol–water partition coefficient (Wildman–Crippen LogP) is 3.41. The highest BCUT2D eigenvalue weighted by molar-refractivity contribution is 7.99. The lowest BCUT2D eigenvalue weighted by Gasteiger charge is -2.02. The summed E-state index contributed by atoms with van der Waals surface area (Å²) >= 11 is 2.93. The Bertz CT molecular complexity index is 674. The summed E-state index contributed by atoms with van der Waals surface area (Å²) in [5, 5.41) is 21.0. The van der Waals surface area contributed by atoms with Crippen LogP contribution >= 0.6 is 23.1 Å². The van der Waals surface area contributed by atoms with Crippen molar-refractivity contribution in [1.29, 1.82) is 5.26 Å². The number of carbonyl (C=O) groups excluding carboxylic acids is 1. The average Bonchev–Trinajstić information content (AvgIpc) is 2.96. The number of hydrogen-bond acceptors (Lipinski definition) is 6. The maximum Gasteiger partial charge on any atom is 0.236 e. The zero-order valence-corrected chi connectivity index (χ0v) is 14.0. The van der Waals surface area contributed by atoms with Crippen LogP contribution in [0, 0.1) is 11.3 Å². The van der Waals surface area contributed by atoms with Gasteiger partial charge in [0.1, 0.15) is 5.01 Å². The van der Waals surface area contributed by atoms with Gasteiger partial charge in [-0.05, 0) is 17.7 Å². The molecule has 0 aliphatic rings. The van der Waals surface area contributed by atoms with E-state index in [1.165, 1.54) is 23.1 Å². The highest BCUT2D eigenvalue weighted by atomic mass is 32.2. The second-order valence-corrected chi connectivity index (χ2v) is 6.94. The van der Waals surface area contributed by atoms with Gasteiger partial charge in [0.15, 0.2) is 0 Å². The van der Waals surface area contributed by atoms with Crippen molar-refractivity contribution in [3.05, 3.63) is 40.4 Å². The van der Waals surface area contributed by atoms with Crippen LogP contribution in [-0.2, 0) is 10.5 Å². The largest absolute Gasteiger partial charge is 0.300 e. The minimum Gasteiger partial charge on any atom is -0.300 e. The molecule has 0 fully saturated rings. The quantitative estimate of drug-likeness (QED) is 0.877. The molecule has 0 radical (unpaired) electrons. The van der Waals surface area contributed by atoms with Crippen LogP contribution in [0.3, 0.4) is 0 Å². The van der Waals surface area contributed by atoms with Crippen molar-refractivity contribution >= 4 is 34.1 Å². The van der Waals surface area contributed by atoms with Crippen LogP contribution in [0.5, 0.6) is 0 Å². The van der Waals surface area contributed by atoms with E-state index in [1.54, 1.807) is 12.1 Å². The molecule has 1 aromatic heterocycles. The monoisotopic (exact) mass is 332 g/mol. The molecule has 2 aromatic rings. The molecule has 1 N–H and O–H groups in total. The maximum absolute atomic E-state index is 11.8. The summed E-state index contributed by atoms with van der Waals surface area (Å²) in [6.45, 7) is 4.08. The molecule has 0 unspecified atom stereocenters. The van der Waals surface area contributed by atoms with Crippen LogP contribution in [0.25, 0.3) is 0 Å². The molecule has 0 saturated heterocycles. The molecule has 22 heavy (non-hydrogen) atoms. The van der Waals surface area contributed by atoms with Gasteiger partial charge in [-0.3, -0.25) is 10.1 Å². The minimum atomic E-state index is -0.0786. The van der Waals surface area contributed by atoms with Crippen LogP contribution in [0.15, 0.2) is 24.3 Å². The summed E-state index contributed by atoms with van der Waals surface area (Å²) < 4.78 is 0. The average molecular weight is 332 g/mol. The van der Waals surface area contributed by atoms with Crippen molar-refractivity contribution in [2.45, 2.75) is 25.5 Å². The number of nitrogens with zero attached hydrogens (tertiary/aromatic N) is 3. The molecule has 5 nitrogen and oxygen atoms in total. The third kappa shape index (κ3) is 4.83. The number of rotatable bonds is 6. The third-order valence-electron chi connectivity index (χ3n) is 2.77. The molecule has 0 atom stereocenters. The molecular formula is C15H16N4OS2. The Morgan fingerprint density at radius 3 is 2.68 bits per heavy atom. The first-order valence-corrected chi connectivity index (χ1v) is 8.75. The van der Waals surface area contributed by atoms with E-state index in [-0.39, 0.29) is 5.91 Å². The van der Waals surface area contributed by atoms with Gasteiger partial charge in [-0.1, -0.05) is 37.3 Å². The number of nitriles is 1. The van der Waals surface area contributed by atoms with E-state index in [0.717, 1.165) is 16.3 Å². The lowest BCUT2D eigenvalue weighted by Crippen LogP contribution is -2.13. The Balaban J connectivity index is 1.76. The van der Waals surface area contributed by atoms with Crippen LogP contribution < -0.4 is 5.32 Å². The highest BCUT2D eigenvalue weighted by Crippen LogP contribution is 2.22. The van der Waals surface area contributed by atoms with Crippen LogP contribution in [-0.4, -0.2) is 21.9 Å². The van der Waals surface area contributed by atoms with Crippen molar-refractivity contribution in [2.24, 2.45) is 0 Å². The fourth-order valence-electron chi connectivity index (χ4n) is 1.61. The Morgan fingerprint density at radius 1 is 1.36 bits per heavy atom. The van der Waals surface area contributed by atoms with E-state index in [4.69, 9.17) is 5.26 Å². The number of benzene rings is 1. The van der Waals surface area contributed by atoms with E-state index >= 15 is 0 Å². The summed E-state index contributed by atoms with van der Waals surface area (Å²) in [5.74, 6) is 1.32. The van der Waals surface area contributed by atoms with Gasteiger partial charge in [0, 0.05) is 11.7 Å². The van der Waals surface area contributed by atoms with Gasteiger partial charge in [0.2, 0.25) is 11.0 Å². The van der Waals surface area contributed by atoms with Gasteiger partial charge >= 0.3 is 0 Å². The van der Waals surface area contributed by atoms with Gasteiger partial charge in [-0.15, -0.1) is 22.0 Å². The first kappa shape index (κ1) is 16.5. The molecule has 0 aliphatic carbocycles. The molecule has 7 heteroatoms. The van der Waals surface area contributed by atoms with Crippen molar-refractivity contribution in [3.63, 3.8) is 0 Å². The zero-order valence-electron chi connectivity index (χ0n) is 12.4. The lowest BCUT2D eigenvalue weighted by atomic mass is 10.2. The third-order valence-corrected chi connectivity index (χ3v) is 4.91. The van der Waals surface area contributed by atoms with E-state index in [9.17, 15) is 4.79 Å². The van der Waals surface area contributed by atoms with Crippen LogP contribution in [0.1, 0.15) is 35.9 Å². The van der Waals surface area contributed by atoms with Gasteiger partial charge in [0.25, 0.3) is 0 Å². The molecule has 1 heterocycles. The SMILES string of the molecule is CC(C)c1nnc(NC(=O)CSCc2ccc(C#N)cc2)s1. The number of nitrogens with one attached hydrogen (secondary N) is 1. The van der Waals surface area contributed by atoms with E-state index < -0.39 is 0 Å². The Kier molecular flexibility index (Phi) is 5.92. The Hall–Kier alpha value is -1.91. The van der Waals surface area contributed by atoms with E-state index in [1.807, 2.05) is 26.0 Å². The predicted molar refractivity (Wildman–Crippen MR) is 89.9 cm³/mol. The number of hydrogen-bond donors (Lipinski definition) is 1. The summed E-state index contributed by atoms with van der Waals surface area (Å²) in [6.07, 6.45) is 0. The topological polar surface area (TPSA) is 78.7 Å². The Labute approximate surface area is 137 Å². The molecule has 0 spiro atoms. The number of carbonyl (C=O) groups is 1. The second-order valence-electron chi connectivity index (χ2n) is 4.95. The summed E-state index contributed by atoms with van der Waals surface area (Å²) in [6, 6.07) is 9.46. The summed E-state index contributed by atoms with van der Waals surface area (Å²) in [4.78, 5) is 11.8. The standard InChI is InChI=1S/C15H16N4OS2/c1-10(2)14-18-19-15(22-14)17-13(20)9-21-8-12-5-3-11(7-16)4-6-12/h3-6,10H,8-9H2,1-2H3,(H,17,19,20). The number of anilines is 1. The molecule has 1 amide bonds. The number of thioether (sulfide) groups is 1. The smallest absolute Gasteiger partial charge is 0.236 e. The fourth-order valence-corrected chi connectivity index (χ4v) is 3.16. The number of amides is 1. The number of aromatic nitrogens is 2. The Morgan fingerprint density at radius 2 is 2.09 bits per heavy atom. The van der Waals surface area contributed by atoms with Gasteiger partial charge in [-0.25, -0.2) is 0 Å². The molecular weight excluding hydrogens is 316 g/mol. The summed E-state index contributed by atoms with van der Waals surface area (Å²) in [5.41, 5.74) is 1.73. The van der Waals surface area contributed by atoms with Crippen LogP contribution in [0.4, 0.5) is 5.13 Å². The molecule has 0 aliphatic heterocycles. The summed E-state index contributed by atoms with van der Waals surface area (Å²) in [7, 11) is 0. The molecule has 0 saturated carbocycles. The van der Waals surface area contributed by atoms with Gasteiger partial charge in [0.05, 0.1) is 17.4 Å². The lowest BCUT2D eigenvalue weighted by molar-refractivity contribution is -0.113. The minimum absolute atomic E-state index is 0.0786. The molecule has 2 rings (SSSR count). The normalized spacial score (nSPS) is 10.5. The maximum atomic E-state index is 11.8. The van der Waals surface area contributed by atoms with Crippen molar-refractivity contribution < 1.29 is 4.79 Å². The second kappa shape index (κ2) is 7.92. The molecule has 0 bridgehead atoms. The zero-order chi connectivity index (χ0) is 15.9. The molecule has 1 aromatic carbocycles. The van der Waals surface area contributed by atoms with Gasteiger partial charge < -0.3 is 0 Å². The van der Waals surface area contributed by atoms with Crippen molar-refractivity contribution in [3.8, 4) is 6.07 Å². The molecule has 114 valence electrons.